The van der Waals surface area contributed by atoms with Gasteiger partial charge < -0.3 is 14.6 Å². The predicted molar refractivity (Wildman–Crippen MR) is 237 cm³/mol. The van der Waals surface area contributed by atoms with E-state index < -0.39 is 0 Å². The third-order valence-electron chi connectivity index (χ3n) is 12.8. The highest BCUT2D eigenvalue weighted by atomic mass is 32.1. The minimum Gasteiger partial charge on any atom is -0.432 e. The van der Waals surface area contributed by atoms with Crippen molar-refractivity contribution in [1.82, 2.24) is 24.1 Å². The molecule has 1 saturated carbocycles. The van der Waals surface area contributed by atoms with Gasteiger partial charge in [0.05, 0.1) is 35.5 Å². The van der Waals surface area contributed by atoms with Crippen LogP contribution < -0.4 is 5.32 Å². The number of nitrogens with zero attached hydrogens (tertiary/aromatic N) is 5. The van der Waals surface area contributed by atoms with Crippen molar-refractivity contribution in [3.63, 3.8) is 0 Å². The molecule has 292 valence electrons. The first-order chi connectivity index (χ1) is 29.0. The van der Waals surface area contributed by atoms with Gasteiger partial charge in [-0.2, -0.15) is 4.98 Å². The minimum absolute atomic E-state index is 0.246. The number of hydrogen-bond acceptors (Lipinski definition) is 7. The Morgan fingerprint density at radius 3 is 2.71 bits per heavy atom. The highest BCUT2D eigenvalue weighted by molar-refractivity contribution is 7.15. The molecule has 0 aliphatic heterocycles. The molecule has 4 aromatic heterocycles. The van der Waals surface area contributed by atoms with Crippen molar-refractivity contribution in [2.75, 3.05) is 6.61 Å². The summed E-state index contributed by atoms with van der Waals surface area (Å²) in [5.41, 5.74) is 15.5. The van der Waals surface area contributed by atoms with Crippen LogP contribution in [0.1, 0.15) is 59.8 Å². The summed E-state index contributed by atoms with van der Waals surface area (Å²) in [5.74, 6) is 2.17. The van der Waals surface area contributed by atoms with Crippen molar-refractivity contribution >= 4 is 45.2 Å². The number of benzene rings is 4. The second-order valence-electron chi connectivity index (χ2n) is 16.3. The maximum absolute atomic E-state index is 6.01. The van der Waals surface area contributed by atoms with Gasteiger partial charge in [-0.05, 0) is 83.2 Å². The SMILES string of the molecule is CC1=C(C2CC2c2cccc3ccc(-c4nc5occn5c4CNC4=Cc5ccccc5C4)cc23)C=CC(CO/N=C/c2c(-c3ccc(C)cc3)nc3sccn23)C1C. The fraction of sp³-hybridized carbons (Fsp3) is 0.220. The second kappa shape index (κ2) is 14.4. The summed E-state index contributed by atoms with van der Waals surface area (Å²) in [4.78, 5) is 16.9. The van der Waals surface area contributed by atoms with Gasteiger partial charge in [-0.1, -0.05) is 114 Å². The van der Waals surface area contributed by atoms with Crippen LogP contribution in [0.4, 0.5) is 0 Å². The van der Waals surface area contributed by atoms with Gasteiger partial charge >= 0.3 is 5.84 Å². The number of rotatable bonds is 11. The Morgan fingerprint density at radius 2 is 1.81 bits per heavy atom. The summed E-state index contributed by atoms with van der Waals surface area (Å²) >= 11 is 1.62. The third-order valence-corrected chi connectivity index (χ3v) is 13.6. The van der Waals surface area contributed by atoms with Gasteiger partial charge in [0.2, 0.25) is 0 Å². The smallest absolute Gasteiger partial charge is 0.306 e. The standard InChI is InChI=1S/C50H44N6O2S/c1-30-11-13-34(14-12-30)47-46(56-20-22-59-50(56)54-47)28-52-58-29-38-17-18-40(32(3)31(38)2)43-26-44(43)41-10-6-9-33-15-16-37(25-42(33)41)48-45(55-19-21-57-49(55)53-48)27-51-39-23-35-7-4-5-8-36(35)24-39/h4-23,25,28,31,38,43-44,51H,24,26-27,29H2,1-3H3/b52-28+. The van der Waals surface area contributed by atoms with E-state index in [1.54, 1.807) is 17.6 Å². The summed E-state index contributed by atoms with van der Waals surface area (Å²) in [6.07, 6.45) is 16.6. The van der Waals surface area contributed by atoms with E-state index in [9.17, 15) is 0 Å². The molecular weight excluding hydrogens is 749 g/mol. The molecule has 3 aliphatic carbocycles. The van der Waals surface area contributed by atoms with E-state index in [-0.39, 0.29) is 5.92 Å². The van der Waals surface area contributed by atoms with Gasteiger partial charge in [0.25, 0.3) is 0 Å². The maximum atomic E-state index is 6.01. The predicted octanol–water partition coefficient (Wildman–Crippen LogP) is 11.4. The highest BCUT2D eigenvalue weighted by Crippen LogP contribution is 2.56. The average molecular weight is 793 g/mol. The van der Waals surface area contributed by atoms with E-state index >= 15 is 0 Å². The van der Waals surface area contributed by atoms with Crippen LogP contribution in [0.2, 0.25) is 0 Å². The number of oxime groups is 1. The summed E-state index contributed by atoms with van der Waals surface area (Å²) in [6.45, 7) is 7.91. The summed E-state index contributed by atoms with van der Waals surface area (Å²) in [5, 5.41) is 12.8. The number of hydrogen-bond donors (Lipinski definition) is 1. The maximum Gasteiger partial charge on any atom is 0.306 e. The number of fused-ring (bicyclic) bond motifs is 4. The molecule has 8 nitrogen and oxygen atoms in total. The molecule has 4 atom stereocenters. The number of imidazole rings is 2. The number of aryl methyl sites for hydroxylation is 1. The van der Waals surface area contributed by atoms with Crippen molar-refractivity contribution in [1.29, 1.82) is 0 Å². The number of nitrogens with one attached hydrogen (secondary N) is 1. The Bertz CT molecular complexity index is 3030. The molecule has 4 heterocycles. The number of oxazole rings is 1. The fourth-order valence-electron chi connectivity index (χ4n) is 9.27. The lowest BCUT2D eigenvalue weighted by molar-refractivity contribution is 0.109. The molecule has 0 bridgehead atoms. The largest absolute Gasteiger partial charge is 0.432 e. The van der Waals surface area contributed by atoms with Crippen LogP contribution in [-0.2, 0) is 17.8 Å². The Hall–Kier alpha value is -6.45. The molecule has 3 aliphatic rings. The van der Waals surface area contributed by atoms with Crippen LogP contribution in [0.5, 0.6) is 0 Å². The highest BCUT2D eigenvalue weighted by Gasteiger charge is 2.43. The molecule has 0 saturated heterocycles. The van der Waals surface area contributed by atoms with Crippen molar-refractivity contribution in [3.8, 4) is 22.5 Å². The first-order valence-electron chi connectivity index (χ1n) is 20.5. The molecular formula is C50H44N6O2S. The van der Waals surface area contributed by atoms with Gasteiger partial charge in [-0.15, -0.1) is 11.3 Å². The normalized spacial score (nSPS) is 20.0. The van der Waals surface area contributed by atoms with Gasteiger partial charge in [0.15, 0.2) is 4.96 Å². The quantitative estimate of drug-likeness (QED) is 0.104. The minimum atomic E-state index is 0.246. The molecule has 0 amide bonds. The Balaban J connectivity index is 0.795. The van der Waals surface area contributed by atoms with Crippen LogP contribution in [0, 0.1) is 24.7 Å². The summed E-state index contributed by atoms with van der Waals surface area (Å²) in [7, 11) is 0. The zero-order valence-electron chi connectivity index (χ0n) is 33.3. The molecule has 8 aromatic rings. The monoisotopic (exact) mass is 792 g/mol. The molecule has 1 fully saturated rings. The van der Waals surface area contributed by atoms with Gasteiger partial charge in [0, 0.05) is 46.9 Å². The topological polar surface area (TPSA) is 81.4 Å². The van der Waals surface area contributed by atoms with Crippen LogP contribution >= 0.6 is 11.3 Å². The lowest BCUT2D eigenvalue weighted by Gasteiger charge is -2.27. The Morgan fingerprint density at radius 1 is 0.932 bits per heavy atom. The van der Waals surface area contributed by atoms with Crippen molar-refractivity contribution in [3.05, 3.63) is 172 Å². The van der Waals surface area contributed by atoms with Crippen LogP contribution in [0.25, 0.3) is 50.2 Å². The van der Waals surface area contributed by atoms with Crippen LogP contribution in [-0.4, -0.2) is 31.6 Å². The second-order valence-corrected chi connectivity index (χ2v) is 17.2. The van der Waals surface area contributed by atoms with E-state index in [4.69, 9.17) is 19.2 Å². The lowest BCUT2D eigenvalue weighted by atomic mass is 9.79. The molecule has 4 aromatic carbocycles. The van der Waals surface area contributed by atoms with E-state index in [0.717, 1.165) is 51.7 Å². The number of thiazole rings is 1. The van der Waals surface area contributed by atoms with Crippen molar-refractivity contribution in [2.24, 2.45) is 22.9 Å². The zero-order chi connectivity index (χ0) is 39.6. The summed E-state index contributed by atoms with van der Waals surface area (Å²) in [6, 6.07) is 30.6. The van der Waals surface area contributed by atoms with E-state index in [0.29, 0.717) is 36.7 Å². The van der Waals surface area contributed by atoms with Gasteiger partial charge in [-0.3, -0.25) is 8.80 Å². The fourth-order valence-corrected chi connectivity index (χ4v) is 9.99. The lowest BCUT2D eigenvalue weighted by Crippen LogP contribution is -2.20. The first kappa shape index (κ1) is 35.7. The van der Waals surface area contributed by atoms with Crippen molar-refractivity contribution < 1.29 is 9.25 Å². The number of allylic oxidation sites excluding steroid dienone is 4. The average Bonchev–Trinajstić information content (AvgIpc) is 3.76. The molecule has 4 unspecified atom stereocenters. The Labute approximate surface area is 346 Å². The van der Waals surface area contributed by atoms with E-state index in [2.05, 4.69) is 143 Å². The van der Waals surface area contributed by atoms with Gasteiger partial charge in [-0.25, -0.2) is 4.98 Å². The zero-order valence-corrected chi connectivity index (χ0v) is 34.1. The van der Waals surface area contributed by atoms with E-state index in [1.807, 2.05) is 24.0 Å². The first-order valence-corrected chi connectivity index (χ1v) is 21.4. The molecule has 1 N–H and O–H groups in total. The van der Waals surface area contributed by atoms with Crippen molar-refractivity contribution in [2.45, 2.75) is 46.1 Å². The van der Waals surface area contributed by atoms with Crippen LogP contribution in [0.15, 0.2) is 148 Å². The van der Waals surface area contributed by atoms with E-state index in [1.165, 1.54) is 49.9 Å². The molecule has 59 heavy (non-hydrogen) atoms. The molecule has 11 rings (SSSR count). The molecule has 0 radical (unpaired) electrons. The van der Waals surface area contributed by atoms with Crippen LogP contribution in [0.3, 0.4) is 0 Å². The molecule has 9 heteroatoms. The molecule has 0 spiro atoms. The third kappa shape index (κ3) is 6.41. The van der Waals surface area contributed by atoms with Gasteiger partial charge in [0.1, 0.15) is 12.9 Å². The number of aromatic nitrogens is 4. The summed E-state index contributed by atoms with van der Waals surface area (Å²) < 4.78 is 9.96. The Kier molecular flexibility index (Phi) is 8.73.